The number of rotatable bonds is 3. The molecule has 1 atom stereocenters. The van der Waals surface area contributed by atoms with Crippen molar-refractivity contribution in [3.05, 3.63) is 18.0 Å². The van der Waals surface area contributed by atoms with Crippen molar-refractivity contribution in [2.24, 2.45) is 11.7 Å². The summed E-state index contributed by atoms with van der Waals surface area (Å²) in [6, 6.07) is 1.40. The maximum absolute atomic E-state index is 12.2. The first-order valence-electron chi connectivity index (χ1n) is 3.70. The molecule has 1 rings (SSSR count). The van der Waals surface area contributed by atoms with Gasteiger partial charge in [-0.25, -0.2) is 0 Å². The zero-order chi connectivity index (χ0) is 9.90. The largest absolute Gasteiger partial charge is 0.393 e. The lowest BCUT2D eigenvalue weighted by Gasteiger charge is -2.16. The van der Waals surface area contributed by atoms with E-state index in [4.69, 9.17) is 5.73 Å². The minimum Gasteiger partial charge on any atom is -0.365 e. The Balaban J connectivity index is 2.60. The highest BCUT2D eigenvalue weighted by Gasteiger charge is 2.38. The summed E-state index contributed by atoms with van der Waals surface area (Å²) in [4.78, 5) is 0. The van der Waals surface area contributed by atoms with Crippen LogP contribution in [-0.2, 0) is 6.42 Å². The fourth-order valence-corrected chi connectivity index (χ4v) is 0.928. The van der Waals surface area contributed by atoms with Crippen LogP contribution in [0.4, 0.5) is 13.2 Å². The topological polar surface area (TPSA) is 52.0 Å². The summed E-state index contributed by atoms with van der Waals surface area (Å²) < 4.78 is 40.9. The second-order valence-electron chi connectivity index (χ2n) is 2.67. The molecule has 1 unspecified atom stereocenters. The van der Waals surface area contributed by atoms with Crippen LogP contribution < -0.4 is 5.73 Å². The molecule has 0 bridgehead atoms. The van der Waals surface area contributed by atoms with Crippen LogP contribution in [-0.4, -0.2) is 17.9 Å². The van der Waals surface area contributed by atoms with Crippen molar-refractivity contribution in [3.8, 4) is 0 Å². The molecule has 0 aliphatic carbocycles. The Hall–Kier alpha value is -1.04. The predicted octanol–water partition coefficient (Wildman–Crippen LogP) is 1.35. The molecule has 0 aliphatic heterocycles. The standard InChI is InChI=1S/C7H9F3N2O/c8-7(9,10)5(4-11)3-6-1-2-13-12-6/h1-2,5H,3-4,11H2. The fraction of sp³-hybridized carbons (Fsp3) is 0.571. The number of hydrogen-bond donors (Lipinski definition) is 1. The van der Waals surface area contributed by atoms with Crippen molar-refractivity contribution in [1.29, 1.82) is 0 Å². The van der Waals surface area contributed by atoms with Crippen molar-refractivity contribution >= 4 is 0 Å². The molecule has 2 N–H and O–H groups in total. The van der Waals surface area contributed by atoms with Gasteiger partial charge in [-0.3, -0.25) is 0 Å². The van der Waals surface area contributed by atoms with Crippen LogP contribution in [0, 0.1) is 5.92 Å². The van der Waals surface area contributed by atoms with Crippen molar-refractivity contribution in [1.82, 2.24) is 5.16 Å². The number of hydrogen-bond acceptors (Lipinski definition) is 3. The van der Waals surface area contributed by atoms with Gasteiger partial charge >= 0.3 is 6.18 Å². The van der Waals surface area contributed by atoms with Gasteiger partial charge < -0.3 is 10.3 Å². The van der Waals surface area contributed by atoms with Crippen LogP contribution in [0.15, 0.2) is 16.9 Å². The highest BCUT2D eigenvalue weighted by atomic mass is 19.4. The van der Waals surface area contributed by atoms with Crippen LogP contribution in [0.2, 0.25) is 0 Å². The van der Waals surface area contributed by atoms with Gasteiger partial charge in [0.05, 0.1) is 11.6 Å². The van der Waals surface area contributed by atoms with Crippen molar-refractivity contribution < 1.29 is 17.7 Å². The van der Waals surface area contributed by atoms with E-state index in [-0.39, 0.29) is 12.1 Å². The number of nitrogens with zero attached hydrogens (tertiary/aromatic N) is 1. The molecule has 0 saturated heterocycles. The molecule has 0 spiro atoms. The Bertz CT molecular complexity index is 245. The first-order valence-corrected chi connectivity index (χ1v) is 3.70. The molecule has 0 fully saturated rings. The third kappa shape index (κ3) is 2.73. The number of nitrogens with two attached hydrogens (primary N) is 1. The highest BCUT2D eigenvalue weighted by Crippen LogP contribution is 2.27. The molecule has 0 aromatic carbocycles. The maximum atomic E-state index is 12.2. The molecule has 6 heteroatoms. The van der Waals surface area contributed by atoms with Gasteiger partial charge in [0, 0.05) is 19.0 Å². The third-order valence-corrected chi connectivity index (χ3v) is 1.69. The van der Waals surface area contributed by atoms with Crippen LogP contribution in [0.5, 0.6) is 0 Å². The minimum absolute atomic E-state index is 0.226. The third-order valence-electron chi connectivity index (χ3n) is 1.69. The Morgan fingerprint density at radius 1 is 1.54 bits per heavy atom. The van der Waals surface area contributed by atoms with Crippen LogP contribution >= 0.6 is 0 Å². The summed E-state index contributed by atoms with van der Waals surface area (Å²) in [5, 5.41) is 3.39. The van der Waals surface area contributed by atoms with E-state index >= 15 is 0 Å². The number of alkyl halides is 3. The highest BCUT2D eigenvalue weighted by molar-refractivity contribution is 4.98. The molecule has 3 nitrogen and oxygen atoms in total. The molecule has 0 saturated carbocycles. The van der Waals surface area contributed by atoms with Crippen molar-refractivity contribution in [3.63, 3.8) is 0 Å². The molecule has 1 heterocycles. The monoisotopic (exact) mass is 194 g/mol. The zero-order valence-corrected chi connectivity index (χ0v) is 6.71. The smallest absolute Gasteiger partial charge is 0.365 e. The van der Waals surface area contributed by atoms with Gasteiger partial charge in [0.2, 0.25) is 0 Å². The van der Waals surface area contributed by atoms with E-state index in [0.29, 0.717) is 0 Å². The second-order valence-corrected chi connectivity index (χ2v) is 2.67. The Kier molecular flexibility index (Phi) is 2.92. The van der Waals surface area contributed by atoms with E-state index < -0.39 is 18.6 Å². The number of halogens is 3. The van der Waals surface area contributed by atoms with E-state index in [1.165, 1.54) is 12.3 Å². The van der Waals surface area contributed by atoms with E-state index in [0.717, 1.165) is 0 Å². The predicted molar refractivity (Wildman–Crippen MR) is 38.8 cm³/mol. The van der Waals surface area contributed by atoms with Gasteiger partial charge in [-0.05, 0) is 0 Å². The van der Waals surface area contributed by atoms with Crippen LogP contribution in [0.1, 0.15) is 5.69 Å². The van der Waals surface area contributed by atoms with Crippen LogP contribution in [0.3, 0.4) is 0 Å². The lowest BCUT2D eigenvalue weighted by Crippen LogP contribution is -2.32. The van der Waals surface area contributed by atoms with E-state index in [2.05, 4.69) is 9.68 Å². The Morgan fingerprint density at radius 3 is 2.62 bits per heavy atom. The number of aromatic nitrogens is 1. The molecule has 74 valence electrons. The lowest BCUT2D eigenvalue weighted by molar-refractivity contribution is -0.171. The average Bonchev–Trinajstić information content (AvgIpc) is 2.49. The lowest BCUT2D eigenvalue weighted by atomic mass is 10.0. The van der Waals surface area contributed by atoms with Crippen LogP contribution in [0.25, 0.3) is 0 Å². The SMILES string of the molecule is NCC(Cc1ccon1)C(F)(F)F. The molecule has 0 aliphatic rings. The molecule has 0 radical (unpaired) electrons. The van der Waals surface area contributed by atoms with Gasteiger partial charge in [-0.1, -0.05) is 5.16 Å². The zero-order valence-electron chi connectivity index (χ0n) is 6.71. The second kappa shape index (κ2) is 3.78. The Labute approximate surface area is 72.7 Å². The maximum Gasteiger partial charge on any atom is 0.393 e. The van der Waals surface area contributed by atoms with Crippen molar-refractivity contribution in [2.75, 3.05) is 6.54 Å². The quantitative estimate of drug-likeness (QED) is 0.790. The minimum atomic E-state index is -4.27. The van der Waals surface area contributed by atoms with Crippen molar-refractivity contribution in [2.45, 2.75) is 12.6 Å². The molecular formula is C7H9F3N2O. The summed E-state index contributed by atoms with van der Waals surface area (Å²) in [5.74, 6) is -1.54. The van der Waals surface area contributed by atoms with Gasteiger partial charge in [0.25, 0.3) is 0 Å². The first kappa shape index (κ1) is 10.0. The summed E-state index contributed by atoms with van der Waals surface area (Å²) >= 11 is 0. The first-order chi connectivity index (χ1) is 6.04. The van der Waals surface area contributed by atoms with Gasteiger partial charge in [-0.15, -0.1) is 0 Å². The molecule has 13 heavy (non-hydrogen) atoms. The molecular weight excluding hydrogens is 185 g/mol. The average molecular weight is 194 g/mol. The van der Waals surface area contributed by atoms with Gasteiger partial charge in [0.1, 0.15) is 6.26 Å². The Morgan fingerprint density at radius 2 is 2.23 bits per heavy atom. The van der Waals surface area contributed by atoms with Gasteiger partial charge in [0.15, 0.2) is 0 Å². The normalized spacial score (nSPS) is 14.5. The fourth-order valence-electron chi connectivity index (χ4n) is 0.928. The molecule has 1 aromatic heterocycles. The summed E-state index contributed by atoms with van der Waals surface area (Å²) in [6.07, 6.45) is -3.26. The molecule has 1 aromatic rings. The van der Waals surface area contributed by atoms with E-state index in [9.17, 15) is 13.2 Å². The summed E-state index contributed by atoms with van der Waals surface area (Å²) in [7, 11) is 0. The summed E-state index contributed by atoms with van der Waals surface area (Å²) in [6.45, 7) is -0.434. The summed E-state index contributed by atoms with van der Waals surface area (Å²) in [5.41, 5.74) is 5.27. The van der Waals surface area contributed by atoms with Gasteiger partial charge in [-0.2, -0.15) is 13.2 Å². The van der Waals surface area contributed by atoms with E-state index in [1.807, 2.05) is 0 Å². The molecule has 0 amide bonds. The van der Waals surface area contributed by atoms with E-state index in [1.54, 1.807) is 0 Å².